The van der Waals surface area contributed by atoms with Gasteiger partial charge in [0.25, 0.3) is 0 Å². The Kier molecular flexibility index (Phi) is 3.55. The summed E-state index contributed by atoms with van der Waals surface area (Å²) >= 11 is 3.49. The van der Waals surface area contributed by atoms with E-state index < -0.39 is 0 Å². The van der Waals surface area contributed by atoms with Crippen LogP contribution in [0.25, 0.3) is 22.9 Å². The molecular formula is C16H10BrN3O. The lowest BCUT2D eigenvalue weighted by Gasteiger charge is -1.99. The Morgan fingerprint density at radius 1 is 1.05 bits per heavy atom. The van der Waals surface area contributed by atoms with Crippen molar-refractivity contribution in [3.63, 3.8) is 0 Å². The van der Waals surface area contributed by atoms with Crippen molar-refractivity contribution in [2.24, 2.45) is 0 Å². The summed E-state index contributed by atoms with van der Waals surface area (Å²) in [6, 6.07) is 15.0. The van der Waals surface area contributed by atoms with Gasteiger partial charge in [0.1, 0.15) is 0 Å². The van der Waals surface area contributed by atoms with Crippen LogP contribution in [-0.4, -0.2) is 10.2 Å². The molecule has 4 nitrogen and oxygen atoms in total. The molecule has 0 aliphatic heterocycles. The summed E-state index contributed by atoms with van der Waals surface area (Å²) in [6.07, 6.45) is 0. The largest absolute Gasteiger partial charge is 0.416 e. The molecule has 3 rings (SSSR count). The van der Waals surface area contributed by atoms with Crippen molar-refractivity contribution < 1.29 is 4.42 Å². The highest BCUT2D eigenvalue weighted by Gasteiger charge is 2.11. The first kappa shape index (κ1) is 13.5. The van der Waals surface area contributed by atoms with Crippen LogP contribution in [0.2, 0.25) is 0 Å². The Balaban J connectivity index is 1.99. The number of nitriles is 1. The van der Waals surface area contributed by atoms with Gasteiger partial charge in [0, 0.05) is 15.6 Å². The fraction of sp³-hybridized carbons (Fsp3) is 0.0625. The van der Waals surface area contributed by atoms with Crippen LogP contribution >= 0.6 is 15.9 Å². The van der Waals surface area contributed by atoms with E-state index in [1.165, 1.54) is 0 Å². The molecular weight excluding hydrogens is 330 g/mol. The van der Waals surface area contributed by atoms with Crippen LogP contribution in [0.4, 0.5) is 0 Å². The molecule has 0 bridgehead atoms. The predicted octanol–water partition coefficient (Wildman–Crippen LogP) is 4.35. The molecule has 0 saturated carbocycles. The second-order valence-electron chi connectivity index (χ2n) is 4.57. The Hall–Kier alpha value is -2.45. The molecule has 1 heterocycles. The number of benzene rings is 2. The van der Waals surface area contributed by atoms with Gasteiger partial charge >= 0.3 is 0 Å². The van der Waals surface area contributed by atoms with Gasteiger partial charge in [-0.2, -0.15) is 5.26 Å². The summed E-state index contributed by atoms with van der Waals surface area (Å²) in [7, 11) is 0. The number of hydrogen-bond donors (Lipinski definition) is 0. The SMILES string of the molecule is Cc1ccc(-c2nnc(-c3cccc(C#N)c3)o2)cc1Br. The van der Waals surface area contributed by atoms with Gasteiger partial charge in [-0.05, 0) is 42.8 Å². The summed E-state index contributed by atoms with van der Waals surface area (Å²) < 4.78 is 6.69. The second-order valence-corrected chi connectivity index (χ2v) is 5.42. The van der Waals surface area contributed by atoms with Crippen molar-refractivity contribution >= 4 is 15.9 Å². The lowest BCUT2D eigenvalue weighted by molar-refractivity contribution is 0.584. The Morgan fingerprint density at radius 2 is 1.76 bits per heavy atom. The molecule has 5 heteroatoms. The molecule has 2 aromatic carbocycles. The Morgan fingerprint density at radius 3 is 2.43 bits per heavy atom. The fourth-order valence-corrected chi connectivity index (χ4v) is 2.28. The molecule has 0 aliphatic rings. The van der Waals surface area contributed by atoms with Gasteiger partial charge in [0.2, 0.25) is 11.8 Å². The summed E-state index contributed by atoms with van der Waals surface area (Å²) in [4.78, 5) is 0. The van der Waals surface area contributed by atoms with E-state index in [0.29, 0.717) is 17.3 Å². The van der Waals surface area contributed by atoms with Gasteiger partial charge in [0.15, 0.2) is 0 Å². The molecule has 102 valence electrons. The zero-order chi connectivity index (χ0) is 14.8. The quantitative estimate of drug-likeness (QED) is 0.696. The number of halogens is 1. The average Bonchev–Trinajstić information content (AvgIpc) is 3.00. The third-order valence-electron chi connectivity index (χ3n) is 3.08. The van der Waals surface area contributed by atoms with Crippen LogP contribution < -0.4 is 0 Å². The molecule has 0 spiro atoms. The van der Waals surface area contributed by atoms with Gasteiger partial charge in [-0.1, -0.05) is 28.1 Å². The first-order chi connectivity index (χ1) is 10.2. The molecule has 0 atom stereocenters. The molecule has 21 heavy (non-hydrogen) atoms. The maximum Gasteiger partial charge on any atom is 0.248 e. The summed E-state index contributed by atoms with van der Waals surface area (Å²) in [5, 5.41) is 17.0. The van der Waals surface area contributed by atoms with Crippen LogP contribution in [0.3, 0.4) is 0 Å². The number of rotatable bonds is 2. The minimum atomic E-state index is 0.402. The van der Waals surface area contributed by atoms with Crippen molar-refractivity contribution in [3.8, 4) is 29.0 Å². The molecule has 0 amide bonds. The van der Waals surface area contributed by atoms with E-state index in [2.05, 4.69) is 32.2 Å². The maximum absolute atomic E-state index is 8.93. The number of hydrogen-bond acceptors (Lipinski definition) is 4. The average molecular weight is 340 g/mol. The molecule has 0 N–H and O–H groups in total. The standard InChI is InChI=1S/C16H10BrN3O/c1-10-5-6-13(8-14(10)17)16-20-19-15(21-16)12-4-2-3-11(7-12)9-18/h2-8H,1H3. The van der Waals surface area contributed by atoms with E-state index in [0.717, 1.165) is 21.2 Å². The van der Waals surface area contributed by atoms with E-state index in [1.807, 2.05) is 31.2 Å². The minimum Gasteiger partial charge on any atom is -0.416 e. The van der Waals surface area contributed by atoms with Crippen LogP contribution in [0.5, 0.6) is 0 Å². The highest BCUT2D eigenvalue weighted by Crippen LogP contribution is 2.27. The number of nitrogens with zero attached hydrogens (tertiary/aromatic N) is 3. The first-order valence-electron chi connectivity index (χ1n) is 6.28. The van der Waals surface area contributed by atoms with E-state index in [4.69, 9.17) is 9.68 Å². The highest BCUT2D eigenvalue weighted by atomic mass is 79.9. The van der Waals surface area contributed by atoms with Crippen molar-refractivity contribution in [2.45, 2.75) is 6.92 Å². The van der Waals surface area contributed by atoms with E-state index in [9.17, 15) is 0 Å². The molecule has 0 radical (unpaired) electrons. The fourth-order valence-electron chi connectivity index (χ4n) is 1.90. The second kappa shape index (κ2) is 5.51. The maximum atomic E-state index is 8.93. The van der Waals surface area contributed by atoms with Gasteiger partial charge in [-0.15, -0.1) is 10.2 Å². The van der Waals surface area contributed by atoms with Crippen molar-refractivity contribution in [1.29, 1.82) is 5.26 Å². The van der Waals surface area contributed by atoms with Gasteiger partial charge in [-0.25, -0.2) is 0 Å². The van der Waals surface area contributed by atoms with Gasteiger partial charge < -0.3 is 4.42 Å². The number of aryl methyl sites for hydroxylation is 1. The zero-order valence-corrected chi connectivity index (χ0v) is 12.8. The zero-order valence-electron chi connectivity index (χ0n) is 11.2. The van der Waals surface area contributed by atoms with Crippen LogP contribution in [0.15, 0.2) is 51.4 Å². The lowest BCUT2D eigenvalue weighted by Crippen LogP contribution is -1.80. The Bertz CT molecular complexity index is 849. The van der Waals surface area contributed by atoms with Crippen molar-refractivity contribution in [1.82, 2.24) is 10.2 Å². The normalized spacial score (nSPS) is 10.3. The summed E-state index contributed by atoms with van der Waals surface area (Å²) in [5.74, 6) is 0.854. The van der Waals surface area contributed by atoms with Crippen LogP contribution in [0.1, 0.15) is 11.1 Å². The molecule has 1 aromatic heterocycles. The molecule has 0 unspecified atom stereocenters. The van der Waals surface area contributed by atoms with E-state index >= 15 is 0 Å². The van der Waals surface area contributed by atoms with Gasteiger partial charge in [-0.3, -0.25) is 0 Å². The molecule has 0 fully saturated rings. The third-order valence-corrected chi connectivity index (χ3v) is 3.94. The van der Waals surface area contributed by atoms with Crippen molar-refractivity contribution in [3.05, 3.63) is 58.1 Å². The molecule has 0 saturated heterocycles. The monoisotopic (exact) mass is 339 g/mol. The molecule has 0 aliphatic carbocycles. The van der Waals surface area contributed by atoms with Crippen LogP contribution in [-0.2, 0) is 0 Å². The number of aromatic nitrogens is 2. The smallest absolute Gasteiger partial charge is 0.248 e. The minimum absolute atomic E-state index is 0.402. The highest BCUT2D eigenvalue weighted by molar-refractivity contribution is 9.10. The molecule has 3 aromatic rings. The first-order valence-corrected chi connectivity index (χ1v) is 7.07. The Labute approximate surface area is 130 Å². The third kappa shape index (κ3) is 2.71. The predicted molar refractivity (Wildman–Crippen MR) is 82.3 cm³/mol. The van der Waals surface area contributed by atoms with Crippen LogP contribution in [0, 0.1) is 18.3 Å². The topological polar surface area (TPSA) is 62.7 Å². The lowest BCUT2D eigenvalue weighted by atomic mass is 10.1. The summed E-state index contributed by atoms with van der Waals surface area (Å²) in [5.41, 5.74) is 3.28. The van der Waals surface area contributed by atoms with Gasteiger partial charge in [0.05, 0.1) is 11.6 Å². The van der Waals surface area contributed by atoms with E-state index in [-0.39, 0.29) is 0 Å². The van der Waals surface area contributed by atoms with Crippen molar-refractivity contribution in [2.75, 3.05) is 0 Å². The van der Waals surface area contributed by atoms with E-state index in [1.54, 1.807) is 18.2 Å². The summed E-state index contributed by atoms with van der Waals surface area (Å²) in [6.45, 7) is 2.01.